The van der Waals surface area contributed by atoms with E-state index in [0.717, 1.165) is 70.8 Å². The van der Waals surface area contributed by atoms with Gasteiger partial charge in [0.25, 0.3) is 0 Å². The number of benzene rings is 6. The molecule has 49 heavy (non-hydrogen) atoms. The van der Waals surface area contributed by atoms with E-state index in [2.05, 4.69) is 156 Å². The molecule has 0 bridgehead atoms. The molecule has 3 nitrogen and oxygen atoms in total. The predicted molar refractivity (Wildman–Crippen MR) is 206 cm³/mol. The van der Waals surface area contributed by atoms with Crippen molar-refractivity contribution in [2.24, 2.45) is 0 Å². The molecule has 0 spiro atoms. The van der Waals surface area contributed by atoms with E-state index in [4.69, 9.17) is 9.97 Å². The van der Waals surface area contributed by atoms with Crippen molar-refractivity contribution in [2.75, 3.05) is 0 Å². The Morgan fingerprint density at radius 1 is 0.531 bits per heavy atom. The summed E-state index contributed by atoms with van der Waals surface area (Å²) in [6.45, 7) is 0. The maximum Gasteiger partial charge on any atom is 0.164 e. The monoisotopic (exact) mass is 627 g/mol. The number of aromatic nitrogens is 3. The zero-order valence-electron chi connectivity index (χ0n) is 27.1. The van der Waals surface area contributed by atoms with Gasteiger partial charge in [-0.25, -0.2) is 9.97 Å². The van der Waals surface area contributed by atoms with Crippen molar-refractivity contribution in [1.29, 1.82) is 0 Å². The molecule has 0 aliphatic heterocycles. The minimum atomic E-state index is 0.879. The average Bonchev–Trinajstić information content (AvgIpc) is 3.56. The fourth-order valence-corrected chi connectivity index (χ4v) is 7.88. The standard InChI is InChI=1S/C46H33N3/c1-2-17-37(18-3-1)49-45-43(36-25-23-31-13-5-7-16-34(31)29-36)39-20-10-9-19-38(39)42(35-24-22-30-12-4-6-15-33(30)28-35)44(45)48-46(49)41-27-26-32-14-8-11-21-40(32)47-41/h2,4-10,12-20,22-29H,1,3,11,21H2. The molecule has 2 aromatic heterocycles. The van der Waals surface area contributed by atoms with E-state index in [1.54, 1.807) is 0 Å². The molecular formula is C46H33N3. The number of nitrogens with zero attached hydrogens (tertiary/aromatic N) is 3. The molecule has 0 atom stereocenters. The number of imidazole rings is 1. The van der Waals surface area contributed by atoms with Gasteiger partial charge in [-0.3, -0.25) is 4.57 Å². The Labute approximate surface area is 285 Å². The minimum Gasteiger partial charge on any atom is -0.291 e. The lowest BCUT2D eigenvalue weighted by Crippen LogP contribution is -2.05. The van der Waals surface area contributed by atoms with E-state index < -0.39 is 0 Å². The Morgan fingerprint density at radius 2 is 1.18 bits per heavy atom. The van der Waals surface area contributed by atoms with E-state index in [1.807, 2.05) is 0 Å². The molecule has 232 valence electrons. The number of allylic oxidation sites excluding steroid dienone is 5. The van der Waals surface area contributed by atoms with Crippen molar-refractivity contribution in [1.82, 2.24) is 14.5 Å². The van der Waals surface area contributed by atoms with Crippen LogP contribution in [0.5, 0.6) is 0 Å². The van der Waals surface area contributed by atoms with Crippen LogP contribution in [0.2, 0.25) is 0 Å². The summed E-state index contributed by atoms with van der Waals surface area (Å²) >= 11 is 0. The maximum absolute atomic E-state index is 5.67. The highest BCUT2D eigenvalue weighted by Crippen LogP contribution is 2.47. The molecule has 2 aliphatic rings. The molecule has 0 saturated carbocycles. The van der Waals surface area contributed by atoms with Crippen LogP contribution in [0.15, 0.2) is 146 Å². The Balaban J connectivity index is 1.39. The third-order valence-corrected chi connectivity index (χ3v) is 10.2. The lowest BCUT2D eigenvalue weighted by molar-refractivity contribution is 0.923. The normalized spacial score (nSPS) is 14.2. The van der Waals surface area contributed by atoms with E-state index in [9.17, 15) is 0 Å². The average molecular weight is 628 g/mol. The molecule has 0 N–H and O–H groups in total. The lowest BCUT2D eigenvalue weighted by atomic mass is 9.88. The maximum atomic E-state index is 5.67. The molecule has 6 aromatic carbocycles. The summed E-state index contributed by atoms with van der Waals surface area (Å²) in [5.41, 5.74) is 11.2. The Bertz CT molecular complexity index is 2720. The fourth-order valence-electron chi connectivity index (χ4n) is 7.88. The molecule has 8 aromatic rings. The first-order valence-corrected chi connectivity index (χ1v) is 17.3. The van der Waals surface area contributed by atoms with Crippen LogP contribution in [0.3, 0.4) is 0 Å². The largest absolute Gasteiger partial charge is 0.291 e. The first kappa shape index (κ1) is 28.0. The van der Waals surface area contributed by atoms with Crippen molar-refractivity contribution < 1.29 is 0 Å². The predicted octanol–water partition coefficient (Wildman–Crippen LogP) is 12.0. The number of hydrogen-bond acceptors (Lipinski definition) is 2. The third-order valence-electron chi connectivity index (χ3n) is 10.2. The van der Waals surface area contributed by atoms with E-state index in [0.29, 0.717) is 0 Å². The molecule has 0 unspecified atom stereocenters. The molecule has 0 radical (unpaired) electrons. The molecule has 2 aliphatic carbocycles. The SMILES string of the molecule is C1=CC(n2c(-c3ccc4c(n3)CCC=C4)nc3c(-c4ccc5ccccc5c4)c4ccccc4c(-c4ccc5ccccc5c4)c32)=CCC1. The van der Waals surface area contributed by atoms with Crippen LogP contribution >= 0.6 is 0 Å². The summed E-state index contributed by atoms with van der Waals surface area (Å²) in [5, 5.41) is 7.32. The molecular weight excluding hydrogens is 595 g/mol. The summed E-state index contributed by atoms with van der Waals surface area (Å²) in [5.74, 6) is 0.879. The molecule has 2 heterocycles. The van der Waals surface area contributed by atoms with Crippen LogP contribution < -0.4 is 0 Å². The summed E-state index contributed by atoms with van der Waals surface area (Å²) in [4.78, 5) is 11.0. The van der Waals surface area contributed by atoms with Gasteiger partial charge < -0.3 is 0 Å². The highest BCUT2D eigenvalue weighted by atomic mass is 15.1. The summed E-state index contributed by atoms with van der Waals surface area (Å²) < 4.78 is 2.40. The van der Waals surface area contributed by atoms with Crippen molar-refractivity contribution in [3.63, 3.8) is 0 Å². The van der Waals surface area contributed by atoms with Crippen molar-refractivity contribution >= 4 is 55.1 Å². The smallest absolute Gasteiger partial charge is 0.164 e. The van der Waals surface area contributed by atoms with Gasteiger partial charge >= 0.3 is 0 Å². The fraction of sp³-hybridized carbons (Fsp3) is 0.0870. The Kier molecular flexibility index (Phi) is 6.45. The van der Waals surface area contributed by atoms with Gasteiger partial charge in [0, 0.05) is 22.5 Å². The van der Waals surface area contributed by atoms with Gasteiger partial charge in [0.15, 0.2) is 5.82 Å². The van der Waals surface area contributed by atoms with Gasteiger partial charge in [0.05, 0.1) is 11.0 Å². The summed E-state index contributed by atoms with van der Waals surface area (Å²) in [6, 6.07) is 44.2. The first-order valence-electron chi connectivity index (χ1n) is 17.3. The molecule has 0 fully saturated rings. The lowest BCUT2D eigenvalue weighted by Gasteiger charge is -2.19. The van der Waals surface area contributed by atoms with Crippen LogP contribution in [-0.2, 0) is 6.42 Å². The zero-order valence-corrected chi connectivity index (χ0v) is 27.1. The summed E-state index contributed by atoms with van der Waals surface area (Å²) in [6.07, 6.45) is 15.3. The Morgan fingerprint density at radius 3 is 1.90 bits per heavy atom. The summed E-state index contributed by atoms with van der Waals surface area (Å²) in [7, 11) is 0. The van der Waals surface area contributed by atoms with Gasteiger partial charge in [-0.2, -0.15) is 0 Å². The number of rotatable bonds is 4. The number of pyridine rings is 1. The first-order chi connectivity index (χ1) is 24.3. The highest BCUT2D eigenvalue weighted by Gasteiger charge is 2.26. The van der Waals surface area contributed by atoms with Crippen molar-refractivity contribution in [3.8, 4) is 33.8 Å². The second-order valence-corrected chi connectivity index (χ2v) is 13.2. The number of aryl methyl sites for hydroxylation is 1. The van der Waals surface area contributed by atoms with Crippen molar-refractivity contribution in [3.05, 3.63) is 157 Å². The van der Waals surface area contributed by atoms with Crippen molar-refractivity contribution in [2.45, 2.75) is 25.7 Å². The van der Waals surface area contributed by atoms with Gasteiger partial charge in [0.1, 0.15) is 5.69 Å². The van der Waals surface area contributed by atoms with Gasteiger partial charge in [-0.15, -0.1) is 0 Å². The van der Waals surface area contributed by atoms with E-state index in [-0.39, 0.29) is 0 Å². The van der Waals surface area contributed by atoms with Crippen LogP contribution in [0.1, 0.15) is 30.5 Å². The van der Waals surface area contributed by atoms with Crippen LogP contribution in [0.4, 0.5) is 0 Å². The van der Waals surface area contributed by atoms with Crippen LogP contribution in [-0.4, -0.2) is 14.5 Å². The van der Waals surface area contributed by atoms with Gasteiger partial charge in [-0.05, 0) is 99.0 Å². The molecule has 3 heteroatoms. The Hall–Kier alpha value is -6.06. The highest BCUT2D eigenvalue weighted by molar-refractivity contribution is 6.21. The minimum absolute atomic E-state index is 0.879. The quantitative estimate of drug-likeness (QED) is 0.194. The van der Waals surface area contributed by atoms with Gasteiger partial charge in [0.2, 0.25) is 0 Å². The van der Waals surface area contributed by atoms with Gasteiger partial charge in [-0.1, -0.05) is 127 Å². The second-order valence-electron chi connectivity index (χ2n) is 13.2. The van der Waals surface area contributed by atoms with Crippen LogP contribution in [0.25, 0.3) is 88.9 Å². The topological polar surface area (TPSA) is 30.7 Å². The second kappa shape index (κ2) is 11.3. The molecule has 0 amide bonds. The number of hydrogen-bond donors (Lipinski definition) is 0. The van der Waals surface area contributed by atoms with Crippen LogP contribution in [0, 0.1) is 0 Å². The molecule has 0 saturated heterocycles. The zero-order chi connectivity index (χ0) is 32.3. The third kappa shape index (κ3) is 4.57. The van der Waals surface area contributed by atoms with E-state index >= 15 is 0 Å². The molecule has 10 rings (SSSR count). The van der Waals surface area contributed by atoms with E-state index in [1.165, 1.54) is 49.0 Å². The number of fused-ring (bicyclic) bond motifs is 5.